The van der Waals surface area contributed by atoms with Gasteiger partial charge in [0, 0.05) is 28.1 Å². The molecule has 0 radical (unpaired) electrons. The van der Waals surface area contributed by atoms with Crippen molar-refractivity contribution in [1.29, 1.82) is 5.41 Å². The van der Waals surface area contributed by atoms with Gasteiger partial charge in [-0.25, -0.2) is 4.98 Å². The second-order valence-electron chi connectivity index (χ2n) is 7.11. The van der Waals surface area contributed by atoms with Gasteiger partial charge in [-0.3, -0.25) is 16.1 Å². The van der Waals surface area contributed by atoms with Gasteiger partial charge in [0.25, 0.3) is 0 Å². The van der Waals surface area contributed by atoms with Crippen molar-refractivity contribution in [2.24, 2.45) is 0 Å². The molecule has 1 aromatic carbocycles. The topological polar surface area (TPSA) is 84.8 Å². The Kier molecular flexibility index (Phi) is 4.84. The van der Waals surface area contributed by atoms with Crippen molar-refractivity contribution in [1.82, 2.24) is 15.4 Å². The first-order chi connectivity index (χ1) is 13.6. The van der Waals surface area contributed by atoms with Crippen molar-refractivity contribution in [3.63, 3.8) is 0 Å². The predicted molar refractivity (Wildman–Crippen MR) is 115 cm³/mol. The summed E-state index contributed by atoms with van der Waals surface area (Å²) in [5.41, 5.74) is 9.05. The summed E-state index contributed by atoms with van der Waals surface area (Å²) in [7, 11) is 0. The molecule has 0 amide bonds. The molecular weight excluding hydrogens is 348 g/mol. The van der Waals surface area contributed by atoms with E-state index in [1.807, 2.05) is 24.7 Å². The summed E-state index contributed by atoms with van der Waals surface area (Å²) < 4.78 is 0. The number of nitrogens with one attached hydrogen (secondary N) is 3. The maximum Gasteiger partial charge on any atom is 0.149 e. The zero-order chi connectivity index (χ0) is 19.7. The Morgan fingerprint density at radius 1 is 1.21 bits per heavy atom. The second-order valence-corrected chi connectivity index (χ2v) is 7.11. The van der Waals surface area contributed by atoms with Crippen LogP contribution < -0.4 is 5.48 Å². The monoisotopic (exact) mass is 372 g/mol. The van der Waals surface area contributed by atoms with Crippen LogP contribution in [0.25, 0.3) is 27.4 Å². The van der Waals surface area contributed by atoms with Crippen LogP contribution in [0.4, 0.5) is 0 Å². The van der Waals surface area contributed by atoms with E-state index < -0.39 is 0 Å². The van der Waals surface area contributed by atoms with Gasteiger partial charge in [0.1, 0.15) is 5.84 Å². The van der Waals surface area contributed by atoms with Crippen molar-refractivity contribution in [3.05, 3.63) is 71.6 Å². The molecule has 0 unspecified atom stereocenters. The van der Waals surface area contributed by atoms with Crippen molar-refractivity contribution >= 4 is 33.2 Å². The Morgan fingerprint density at radius 2 is 2.00 bits per heavy atom. The lowest BCUT2D eigenvalue weighted by atomic mass is 9.85. The zero-order valence-electron chi connectivity index (χ0n) is 16.0. The molecule has 5 heteroatoms. The van der Waals surface area contributed by atoms with Crippen molar-refractivity contribution in [2.75, 3.05) is 0 Å². The van der Waals surface area contributed by atoms with E-state index in [0.29, 0.717) is 5.57 Å². The molecule has 0 saturated carbocycles. The number of nitrogens with zero attached hydrogens (tertiary/aromatic N) is 1. The van der Waals surface area contributed by atoms with E-state index >= 15 is 0 Å². The van der Waals surface area contributed by atoms with Crippen LogP contribution in [0.3, 0.4) is 0 Å². The highest BCUT2D eigenvalue weighted by molar-refractivity contribution is 6.08. The highest BCUT2D eigenvalue weighted by atomic mass is 16.5. The lowest BCUT2D eigenvalue weighted by Crippen LogP contribution is -2.18. The maximum absolute atomic E-state index is 8.98. The third-order valence-corrected chi connectivity index (χ3v) is 5.48. The highest BCUT2D eigenvalue weighted by Crippen LogP contribution is 2.36. The Labute approximate surface area is 164 Å². The van der Waals surface area contributed by atoms with Gasteiger partial charge in [-0.2, -0.15) is 0 Å². The summed E-state index contributed by atoms with van der Waals surface area (Å²) in [6.07, 6.45) is 11.8. The summed E-state index contributed by atoms with van der Waals surface area (Å²) in [5, 5.41) is 19.2. The number of hydrogen-bond donors (Lipinski definition) is 4. The molecule has 0 fully saturated rings. The number of rotatable bonds is 4. The fourth-order valence-corrected chi connectivity index (χ4v) is 4.09. The Bertz CT molecular complexity index is 1150. The standard InChI is InChI=1S/C23H24N4O/c1-3-15(23(24)27-28)9-8-14(2)22-17-7-5-4-6-16(17)21-18-12-13-25-19(18)10-11-20(21)26-22/h3,8-13,25,28H,2,4-7H2,1H3,(H2,24,27)/b9-8-,15-3+. The molecule has 1 aliphatic rings. The largest absolute Gasteiger partial charge is 0.361 e. The molecule has 4 rings (SSSR count). The quantitative estimate of drug-likeness (QED) is 0.223. The van der Waals surface area contributed by atoms with Gasteiger partial charge in [-0.05, 0) is 67.5 Å². The van der Waals surface area contributed by atoms with Crippen molar-refractivity contribution in [3.8, 4) is 0 Å². The van der Waals surface area contributed by atoms with Crippen LogP contribution in [0.5, 0.6) is 0 Å². The van der Waals surface area contributed by atoms with E-state index in [2.05, 4.69) is 29.8 Å². The first-order valence-electron chi connectivity index (χ1n) is 9.58. The van der Waals surface area contributed by atoms with Gasteiger partial charge in [-0.15, -0.1) is 0 Å². The number of aryl methyl sites for hydroxylation is 1. The lowest BCUT2D eigenvalue weighted by molar-refractivity contribution is 0.234. The van der Waals surface area contributed by atoms with Gasteiger partial charge >= 0.3 is 0 Å². The van der Waals surface area contributed by atoms with Crippen LogP contribution in [0.15, 0.2) is 54.8 Å². The van der Waals surface area contributed by atoms with Gasteiger partial charge in [0.15, 0.2) is 0 Å². The third-order valence-electron chi connectivity index (χ3n) is 5.48. The molecule has 0 spiro atoms. The SMILES string of the molecule is C=C(/C=C\C(=C/C)C(=N)NO)c1nc2ccc3[nH]ccc3c2c2c1CCCC2. The average Bonchev–Trinajstić information content (AvgIpc) is 3.21. The normalized spacial score (nSPS) is 14.6. The minimum Gasteiger partial charge on any atom is -0.361 e. The van der Waals surface area contributed by atoms with Crippen LogP contribution in [0.2, 0.25) is 0 Å². The number of aromatic nitrogens is 2. The molecule has 2 aromatic heterocycles. The van der Waals surface area contributed by atoms with Crippen LogP contribution in [0, 0.1) is 5.41 Å². The molecule has 1 aliphatic carbocycles. The summed E-state index contributed by atoms with van der Waals surface area (Å²) in [4.78, 5) is 8.29. The Hall–Kier alpha value is -3.18. The molecule has 2 heterocycles. The van der Waals surface area contributed by atoms with Crippen LogP contribution in [-0.4, -0.2) is 21.0 Å². The number of amidine groups is 1. The molecule has 0 atom stereocenters. The minimum absolute atomic E-state index is 0.0464. The number of benzene rings is 1. The van der Waals surface area contributed by atoms with E-state index in [-0.39, 0.29) is 5.84 Å². The summed E-state index contributed by atoms with van der Waals surface area (Å²) in [5.74, 6) is -0.0464. The molecule has 0 saturated heterocycles. The van der Waals surface area contributed by atoms with Crippen molar-refractivity contribution < 1.29 is 5.21 Å². The van der Waals surface area contributed by atoms with Gasteiger partial charge in [-0.1, -0.05) is 24.8 Å². The average molecular weight is 372 g/mol. The van der Waals surface area contributed by atoms with Gasteiger partial charge < -0.3 is 4.98 Å². The predicted octanol–water partition coefficient (Wildman–Crippen LogP) is 5.07. The Balaban J connectivity index is 1.84. The van der Waals surface area contributed by atoms with Crippen molar-refractivity contribution in [2.45, 2.75) is 32.6 Å². The number of pyridine rings is 1. The van der Waals surface area contributed by atoms with E-state index in [4.69, 9.17) is 15.6 Å². The van der Waals surface area contributed by atoms with Gasteiger partial charge in [0.2, 0.25) is 0 Å². The number of hydroxylamine groups is 1. The molecule has 0 aliphatic heterocycles. The highest BCUT2D eigenvalue weighted by Gasteiger charge is 2.20. The molecule has 0 bridgehead atoms. The third kappa shape index (κ3) is 3.04. The van der Waals surface area contributed by atoms with Gasteiger partial charge in [0.05, 0.1) is 11.2 Å². The molecular formula is C23H24N4O. The second kappa shape index (κ2) is 7.44. The summed E-state index contributed by atoms with van der Waals surface area (Å²) >= 11 is 0. The summed E-state index contributed by atoms with van der Waals surface area (Å²) in [6.45, 7) is 6.07. The summed E-state index contributed by atoms with van der Waals surface area (Å²) in [6, 6.07) is 6.29. The first kappa shape index (κ1) is 18.2. The molecule has 3 aromatic rings. The van der Waals surface area contributed by atoms with E-state index in [9.17, 15) is 0 Å². The molecule has 4 N–H and O–H groups in total. The smallest absolute Gasteiger partial charge is 0.149 e. The number of hydrogen-bond acceptors (Lipinski definition) is 3. The van der Waals surface area contributed by atoms with E-state index in [1.54, 1.807) is 12.2 Å². The van der Waals surface area contributed by atoms with Crippen LogP contribution in [-0.2, 0) is 12.8 Å². The fourth-order valence-electron chi connectivity index (χ4n) is 4.09. The number of fused-ring (bicyclic) bond motifs is 5. The zero-order valence-corrected chi connectivity index (χ0v) is 16.0. The molecule has 5 nitrogen and oxygen atoms in total. The van der Waals surface area contributed by atoms with Crippen LogP contribution >= 0.6 is 0 Å². The maximum atomic E-state index is 8.98. The van der Waals surface area contributed by atoms with E-state index in [0.717, 1.165) is 41.6 Å². The molecule has 142 valence electrons. The minimum atomic E-state index is -0.0464. The fraction of sp³-hybridized carbons (Fsp3) is 0.217. The number of aromatic amines is 1. The lowest BCUT2D eigenvalue weighted by Gasteiger charge is -2.22. The molecule has 28 heavy (non-hydrogen) atoms. The first-order valence-corrected chi connectivity index (χ1v) is 9.58. The number of allylic oxidation sites excluding steroid dienone is 3. The van der Waals surface area contributed by atoms with Crippen LogP contribution in [0.1, 0.15) is 36.6 Å². The Morgan fingerprint density at radius 3 is 2.75 bits per heavy atom. The number of H-pyrrole nitrogens is 1. The van der Waals surface area contributed by atoms with E-state index in [1.165, 1.54) is 28.3 Å².